The maximum atomic E-state index is 6.02. The summed E-state index contributed by atoms with van der Waals surface area (Å²) in [5.41, 5.74) is 1.63. The van der Waals surface area contributed by atoms with Crippen molar-refractivity contribution in [1.82, 2.24) is 20.1 Å². The molecule has 1 aliphatic heterocycles. The number of oxazole rings is 1. The highest BCUT2D eigenvalue weighted by atomic mass is 35.5. The zero-order valence-corrected chi connectivity index (χ0v) is 14.5. The number of aryl methyl sites for hydroxylation is 1. The van der Waals surface area contributed by atoms with Gasteiger partial charge in [-0.05, 0) is 51.1 Å². The summed E-state index contributed by atoms with van der Waals surface area (Å²) in [5.74, 6) is 2.44. The number of hydrogen-bond acceptors (Lipinski definition) is 6. The van der Waals surface area contributed by atoms with Crippen molar-refractivity contribution >= 4 is 22.7 Å². The van der Waals surface area contributed by atoms with Crippen LogP contribution in [0.25, 0.3) is 11.1 Å². The molecular formula is C17H19ClN4O2. The Morgan fingerprint density at radius 2 is 2.00 bits per heavy atom. The van der Waals surface area contributed by atoms with E-state index >= 15 is 0 Å². The largest absolute Gasteiger partial charge is 0.440 e. The maximum Gasteiger partial charge on any atom is 0.233 e. The van der Waals surface area contributed by atoms with Crippen LogP contribution in [0.3, 0.4) is 0 Å². The molecule has 3 aromatic rings. The van der Waals surface area contributed by atoms with E-state index in [9.17, 15) is 0 Å². The molecule has 1 atom stereocenters. The lowest BCUT2D eigenvalue weighted by molar-refractivity contribution is 0.136. The SMILES string of the molecule is Cc1nnc(C(C)N2CCC(c3nc4cc(Cl)ccc4o3)CC2)o1. The van der Waals surface area contributed by atoms with Gasteiger partial charge in [0.2, 0.25) is 11.8 Å². The first-order valence-corrected chi connectivity index (χ1v) is 8.58. The summed E-state index contributed by atoms with van der Waals surface area (Å²) in [6.07, 6.45) is 2.00. The molecule has 0 spiro atoms. The van der Waals surface area contributed by atoms with Gasteiger partial charge in [0.1, 0.15) is 5.52 Å². The van der Waals surface area contributed by atoms with E-state index < -0.39 is 0 Å². The van der Waals surface area contributed by atoms with Gasteiger partial charge in [0.05, 0.1) is 6.04 Å². The third kappa shape index (κ3) is 2.91. The van der Waals surface area contributed by atoms with Gasteiger partial charge in [0, 0.05) is 17.9 Å². The van der Waals surface area contributed by atoms with Gasteiger partial charge in [-0.25, -0.2) is 4.98 Å². The Balaban J connectivity index is 1.45. The van der Waals surface area contributed by atoms with Gasteiger partial charge in [-0.1, -0.05) is 11.6 Å². The van der Waals surface area contributed by atoms with E-state index in [1.807, 2.05) is 25.1 Å². The van der Waals surface area contributed by atoms with Crippen molar-refractivity contribution in [1.29, 1.82) is 0 Å². The van der Waals surface area contributed by atoms with Gasteiger partial charge in [-0.3, -0.25) is 4.90 Å². The van der Waals surface area contributed by atoms with Crippen molar-refractivity contribution in [3.63, 3.8) is 0 Å². The van der Waals surface area contributed by atoms with Crippen molar-refractivity contribution in [3.8, 4) is 0 Å². The maximum absolute atomic E-state index is 6.02. The van der Waals surface area contributed by atoms with Crippen LogP contribution in [0.2, 0.25) is 5.02 Å². The van der Waals surface area contributed by atoms with E-state index in [1.54, 1.807) is 0 Å². The molecule has 2 aromatic heterocycles. The molecule has 0 saturated carbocycles. The van der Waals surface area contributed by atoms with Crippen LogP contribution in [0.4, 0.5) is 0 Å². The molecule has 0 radical (unpaired) electrons. The molecule has 0 bridgehead atoms. The smallest absolute Gasteiger partial charge is 0.233 e. The fourth-order valence-corrected chi connectivity index (χ4v) is 3.43. The Kier molecular flexibility index (Phi) is 4.02. The Labute approximate surface area is 144 Å². The molecule has 1 aromatic carbocycles. The van der Waals surface area contributed by atoms with E-state index in [0.29, 0.717) is 22.7 Å². The second kappa shape index (κ2) is 6.18. The number of benzene rings is 1. The molecule has 7 heteroatoms. The Bertz CT molecular complexity index is 851. The van der Waals surface area contributed by atoms with Gasteiger partial charge in [-0.2, -0.15) is 0 Å². The molecule has 1 aliphatic rings. The Morgan fingerprint density at radius 3 is 2.71 bits per heavy atom. The number of halogens is 1. The molecule has 1 unspecified atom stereocenters. The van der Waals surface area contributed by atoms with Gasteiger partial charge in [0.25, 0.3) is 0 Å². The van der Waals surface area contributed by atoms with Crippen molar-refractivity contribution in [3.05, 3.63) is 40.9 Å². The predicted molar refractivity (Wildman–Crippen MR) is 90.0 cm³/mol. The third-order valence-electron chi connectivity index (χ3n) is 4.69. The summed E-state index contributed by atoms with van der Waals surface area (Å²) in [5, 5.41) is 8.73. The minimum absolute atomic E-state index is 0.134. The van der Waals surface area contributed by atoms with E-state index in [-0.39, 0.29) is 6.04 Å². The van der Waals surface area contributed by atoms with Crippen molar-refractivity contribution < 1.29 is 8.83 Å². The number of aromatic nitrogens is 3. The molecule has 0 amide bonds. The van der Waals surface area contributed by atoms with Gasteiger partial charge < -0.3 is 8.83 Å². The fourth-order valence-electron chi connectivity index (χ4n) is 3.26. The average Bonchev–Trinajstić information content (AvgIpc) is 3.20. The summed E-state index contributed by atoms with van der Waals surface area (Å²) in [6, 6.07) is 5.69. The fraction of sp³-hybridized carbons (Fsp3) is 0.471. The minimum Gasteiger partial charge on any atom is -0.440 e. The van der Waals surface area contributed by atoms with Crippen LogP contribution in [0, 0.1) is 6.92 Å². The molecule has 1 saturated heterocycles. The van der Waals surface area contributed by atoms with Crippen LogP contribution in [0.15, 0.2) is 27.0 Å². The highest BCUT2D eigenvalue weighted by Crippen LogP contribution is 2.33. The molecule has 126 valence electrons. The summed E-state index contributed by atoms with van der Waals surface area (Å²) in [7, 11) is 0. The Hall–Kier alpha value is -1.92. The lowest BCUT2D eigenvalue weighted by Gasteiger charge is -2.33. The average molecular weight is 347 g/mol. The Morgan fingerprint density at radius 1 is 1.21 bits per heavy atom. The second-order valence-corrected chi connectivity index (χ2v) is 6.75. The lowest BCUT2D eigenvalue weighted by Crippen LogP contribution is -2.35. The van der Waals surface area contributed by atoms with E-state index in [1.165, 1.54) is 0 Å². The topological polar surface area (TPSA) is 68.2 Å². The van der Waals surface area contributed by atoms with Crippen LogP contribution in [0.5, 0.6) is 0 Å². The first-order chi connectivity index (χ1) is 11.6. The van der Waals surface area contributed by atoms with Gasteiger partial charge in [0.15, 0.2) is 11.5 Å². The number of fused-ring (bicyclic) bond motifs is 1. The van der Waals surface area contributed by atoms with Crippen LogP contribution >= 0.6 is 11.6 Å². The number of rotatable bonds is 3. The van der Waals surface area contributed by atoms with Crippen LogP contribution in [-0.2, 0) is 0 Å². The predicted octanol–water partition coefficient (Wildman–Crippen LogP) is 4.11. The van der Waals surface area contributed by atoms with Crippen molar-refractivity contribution in [2.75, 3.05) is 13.1 Å². The molecule has 1 fully saturated rings. The summed E-state index contributed by atoms with van der Waals surface area (Å²) < 4.78 is 11.5. The summed E-state index contributed by atoms with van der Waals surface area (Å²) in [4.78, 5) is 6.98. The number of likely N-dealkylation sites (tertiary alicyclic amines) is 1. The summed E-state index contributed by atoms with van der Waals surface area (Å²) in [6.45, 7) is 5.82. The minimum atomic E-state index is 0.134. The molecule has 0 aliphatic carbocycles. The van der Waals surface area contributed by atoms with Crippen LogP contribution < -0.4 is 0 Å². The third-order valence-corrected chi connectivity index (χ3v) is 4.93. The standard InChI is InChI=1S/C17H19ClN4O2/c1-10(16-21-20-11(2)23-16)22-7-5-12(6-8-22)17-19-14-9-13(18)3-4-15(14)24-17/h3-4,9-10,12H,5-8H2,1-2H3. The van der Waals surface area contributed by atoms with E-state index in [0.717, 1.165) is 42.9 Å². The lowest BCUT2D eigenvalue weighted by atomic mass is 9.96. The van der Waals surface area contributed by atoms with Gasteiger partial charge in [-0.15, -0.1) is 10.2 Å². The second-order valence-electron chi connectivity index (χ2n) is 6.31. The zero-order chi connectivity index (χ0) is 16.7. The van der Waals surface area contributed by atoms with Crippen LogP contribution in [-0.4, -0.2) is 33.2 Å². The van der Waals surface area contributed by atoms with E-state index in [4.69, 9.17) is 20.4 Å². The quantitative estimate of drug-likeness (QED) is 0.710. The van der Waals surface area contributed by atoms with Crippen molar-refractivity contribution in [2.24, 2.45) is 0 Å². The molecule has 6 nitrogen and oxygen atoms in total. The normalized spacial score (nSPS) is 18.3. The molecular weight excluding hydrogens is 328 g/mol. The summed E-state index contributed by atoms with van der Waals surface area (Å²) >= 11 is 6.02. The van der Waals surface area contributed by atoms with E-state index in [2.05, 4.69) is 27.0 Å². The monoisotopic (exact) mass is 346 g/mol. The van der Waals surface area contributed by atoms with Crippen LogP contribution in [0.1, 0.15) is 49.4 Å². The highest BCUT2D eigenvalue weighted by Gasteiger charge is 2.29. The first-order valence-electron chi connectivity index (χ1n) is 8.20. The first kappa shape index (κ1) is 15.6. The highest BCUT2D eigenvalue weighted by molar-refractivity contribution is 6.31. The molecule has 3 heterocycles. The molecule has 4 rings (SSSR count). The number of nitrogens with zero attached hydrogens (tertiary/aromatic N) is 4. The number of piperidine rings is 1. The molecule has 24 heavy (non-hydrogen) atoms. The van der Waals surface area contributed by atoms with Gasteiger partial charge >= 0.3 is 0 Å². The van der Waals surface area contributed by atoms with Crippen molar-refractivity contribution in [2.45, 2.75) is 38.6 Å². The zero-order valence-electron chi connectivity index (χ0n) is 13.7. The molecule has 0 N–H and O–H groups in total. The number of hydrogen-bond donors (Lipinski definition) is 0.